The Morgan fingerprint density at radius 1 is 1.12 bits per heavy atom. The smallest absolute Gasteiger partial charge is 0.233 e. The number of ether oxygens (including phenoxy) is 1. The van der Waals surface area contributed by atoms with Gasteiger partial charge in [0.05, 0.1) is 19.3 Å². The highest BCUT2D eigenvalue weighted by Gasteiger charge is 2.23. The van der Waals surface area contributed by atoms with Gasteiger partial charge in [-0.3, -0.25) is 4.90 Å². The topological polar surface area (TPSA) is 113 Å². The van der Waals surface area contributed by atoms with E-state index in [1.54, 1.807) is 18.3 Å². The number of nitrogens with zero attached hydrogens (tertiary/aromatic N) is 6. The van der Waals surface area contributed by atoms with Crippen molar-refractivity contribution < 1.29 is 9.13 Å². The summed E-state index contributed by atoms with van der Waals surface area (Å²) in [4.78, 5) is 24.0. The number of nitrogens with one attached hydrogen (secondary N) is 3. The second-order valence-corrected chi connectivity index (χ2v) is 7.64. The minimum absolute atomic E-state index is 0.169. The molecule has 1 aromatic carbocycles. The van der Waals surface area contributed by atoms with E-state index in [9.17, 15) is 4.39 Å². The van der Waals surface area contributed by atoms with Crippen LogP contribution in [0.25, 0.3) is 0 Å². The van der Waals surface area contributed by atoms with Gasteiger partial charge in [0, 0.05) is 30.5 Å². The third-order valence-electron chi connectivity index (χ3n) is 5.52. The molecule has 3 heterocycles. The fourth-order valence-electron chi connectivity index (χ4n) is 3.81. The molecule has 1 aliphatic rings. The lowest BCUT2D eigenvalue weighted by Crippen LogP contribution is -2.35. The molecule has 1 saturated heterocycles. The lowest BCUT2D eigenvalue weighted by atomic mass is 10.2. The van der Waals surface area contributed by atoms with E-state index >= 15 is 0 Å². The van der Waals surface area contributed by atoms with E-state index in [1.165, 1.54) is 25.9 Å². The van der Waals surface area contributed by atoms with E-state index in [4.69, 9.17) is 4.74 Å². The number of methoxy groups -OCH3 is 1. The maximum absolute atomic E-state index is 14.1. The molecule has 0 radical (unpaired) electrons. The van der Waals surface area contributed by atoms with Crippen LogP contribution in [0.15, 0.2) is 36.8 Å². The van der Waals surface area contributed by atoms with Gasteiger partial charge >= 0.3 is 0 Å². The van der Waals surface area contributed by atoms with Gasteiger partial charge in [0.25, 0.3) is 0 Å². The predicted octanol–water partition coefficient (Wildman–Crippen LogP) is 3.06. The number of rotatable bonds is 10. The molecule has 0 aliphatic carbocycles. The van der Waals surface area contributed by atoms with E-state index in [0.717, 1.165) is 31.7 Å². The van der Waals surface area contributed by atoms with Crippen molar-refractivity contribution >= 4 is 23.5 Å². The minimum Gasteiger partial charge on any atom is -0.494 e. The Morgan fingerprint density at radius 3 is 2.67 bits per heavy atom. The maximum atomic E-state index is 14.1. The van der Waals surface area contributed by atoms with Crippen LogP contribution < -0.4 is 20.7 Å². The molecule has 174 valence electrons. The summed E-state index contributed by atoms with van der Waals surface area (Å²) in [6, 6.07) is 6.83. The Bertz CT molecular complexity index is 1050. The molecule has 11 heteroatoms. The van der Waals surface area contributed by atoms with Gasteiger partial charge in [0.15, 0.2) is 11.6 Å². The van der Waals surface area contributed by atoms with E-state index in [-0.39, 0.29) is 5.75 Å². The van der Waals surface area contributed by atoms with Crippen LogP contribution in [0.4, 0.5) is 27.9 Å². The van der Waals surface area contributed by atoms with Crippen molar-refractivity contribution in [3.05, 3.63) is 48.3 Å². The molecule has 0 spiro atoms. The number of benzene rings is 1. The fourth-order valence-corrected chi connectivity index (χ4v) is 3.81. The van der Waals surface area contributed by atoms with Gasteiger partial charge in [-0.1, -0.05) is 6.92 Å². The summed E-state index contributed by atoms with van der Waals surface area (Å²) in [6.45, 7) is 5.47. The van der Waals surface area contributed by atoms with Crippen LogP contribution in [-0.4, -0.2) is 62.6 Å². The second kappa shape index (κ2) is 10.8. The molecular weight excluding hydrogens is 425 g/mol. The van der Waals surface area contributed by atoms with Crippen molar-refractivity contribution in [1.29, 1.82) is 0 Å². The minimum atomic E-state index is -0.474. The molecule has 33 heavy (non-hydrogen) atoms. The van der Waals surface area contributed by atoms with Gasteiger partial charge in [0.1, 0.15) is 6.33 Å². The summed E-state index contributed by atoms with van der Waals surface area (Å²) in [5, 5.41) is 9.56. The number of halogens is 1. The summed E-state index contributed by atoms with van der Waals surface area (Å²) < 4.78 is 19.1. The predicted molar refractivity (Wildman–Crippen MR) is 124 cm³/mol. The van der Waals surface area contributed by atoms with Crippen LogP contribution in [0.1, 0.15) is 25.5 Å². The van der Waals surface area contributed by atoms with Crippen molar-refractivity contribution in [1.82, 2.24) is 29.8 Å². The number of anilines is 4. The van der Waals surface area contributed by atoms with Crippen molar-refractivity contribution in [2.75, 3.05) is 42.7 Å². The Kier molecular flexibility index (Phi) is 7.40. The van der Waals surface area contributed by atoms with E-state index in [2.05, 4.69) is 52.7 Å². The number of likely N-dealkylation sites (tertiary alicyclic amines) is 1. The monoisotopic (exact) mass is 453 g/mol. The molecule has 3 N–H and O–H groups in total. The molecule has 1 aliphatic heterocycles. The summed E-state index contributed by atoms with van der Waals surface area (Å²) in [5.74, 6) is 0.803. The molecule has 0 saturated carbocycles. The third kappa shape index (κ3) is 6.01. The Balaban J connectivity index is 1.52. The molecule has 10 nitrogen and oxygen atoms in total. The molecule has 1 atom stereocenters. The van der Waals surface area contributed by atoms with Crippen LogP contribution in [0, 0.1) is 5.82 Å². The first-order valence-electron chi connectivity index (χ1n) is 11.0. The van der Waals surface area contributed by atoms with Gasteiger partial charge in [0.2, 0.25) is 17.8 Å². The summed E-state index contributed by atoms with van der Waals surface area (Å²) in [5.41, 5.74) is 1.30. The van der Waals surface area contributed by atoms with Crippen LogP contribution in [0.3, 0.4) is 0 Å². The van der Waals surface area contributed by atoms with Gasteiger partial charge in [-0.25, -0.2) is 14.4 Å². The highest BCUT2D eigenvalue weighted by atomic mass is 19.1. The van der Waals surface area contributed by atoms with E-state index in [0.29, 0.717) is 36.1 Å². The number of likely N-dealkylation sites (N-methyl/N-ethyl adjacent to an activating group) is 1. The van der Waals surface area contributed by atoms with Crippen molar-refractivity contribution in [3.8, 4) is 5.75 Å². The first-order chi connectivity index (χ1) is 16.1. The molecular formula is C22H28FN9O. The van der Waals surface area contributed by atoms with Crippen molar-refractivity contribution in [2.24, 2.45) is 0 Å². The first-order valence-corrected chi connectivity index (χ1v) is 11.0. The Morgan fingerprint density at radius 2 is 1.94 bits per heavy atom. The van der Waals surface area contributed by atoms with Crippen LogP contribution in [0.5, 0.6) is 5.75 Å². The quantitative estimate of drug-likeness (QED) is 0.423. The molecule has 2 aromatic heterocycles. The fraction of sp³-hybridized carbons (Fsp3) is 0.409. The molecule has 4 rings (SSSR count). The molecule has 0 amide bonds. The number of hydrogen-bond donors (Lipinski definition) is 3. The van der Waals surface area contributed by atoms with Gasteiger partial charge in [-0.05, 0) is 44.1 Å². The zero-order chi connectivity index (χ0) is 23.0. The zero-order valence-corrected chi connectivity index (χ0v) is 18.8. The largest absolute Gasteiger partial charge is 0.494 e. The lowest BCUT2D eigenvalue weighted by molar-refractivity contribution is 0.277. The standard InChI is InChI=1S/C22H28FN9O/c1-3-32-10-4-5-17(32)13-26-21-29-20(25-12-16-8-9-24-14-27-16)30-22(31-21)28-15-6-7-19(33-2)18(23)11-15/h6-9,11,14,17H,3-5,10,12-13H2,1-2H3,(H3,25,26,28,29,30,31). The van der Waals surface area contributed by atoms with E-state index < -0.39 is 5.82 Å². The average molecular weight is 454 g/mol. The van der Waals surface area contributed by atoms with Crippen molar-refractivity contribution in [2.45, 2.75) is 32.4 Å². The Hall–Kier alpha value is -3.60. The summed E-state index contributed by atoms with van der Waals surface area (Å²) in [7, 11) is 1.43. The molecule has 1 unspecified atom stereocenters. The van der Waals surface area contributed by atoms with Gasteiger partial charge in [-0.2, -0.15) is 15.0 Å². The first kappa shape index (κ1) is 22.6. The van der Waals surface area contributed by atoms with Crippen LogP contribution >= 0.6 is 0 Å². The van der Waals surface area contributed by atoms with E-state index in [1.807, 2.05) is 6.07 Å². The van der Waals surface area contributed by atoms with Crippen LogP contribution in [0.2, 0.25) is 0 Å². The Labute approximate surface area is 192 Å². The second-order valence-electron chi connectivity index (χ2n) is 7.64. The van der Waals surface area contributed by atoms with Gasteiger partial charge < -0.3 is 20.7 Å². The highest BCUT2D eigenvalue weighted by molar-refractivity contribution is 5.57. The molecule has 1 fully saturated rings. The highest BCUT2D eigenvalue weighted by Crippen LogP contribution is 2.23. The lowest BCUT2D eigenvalue weighted by Gasteiger charge is -2.23. The normalized spacial score (nSPS) is 15.9. The number of aromatic nitrogens is 5. The van der Waals surface area contributed by atoms with Crippen molar-refractivity contribution in [3.63, 3.8) is 0 Å². The van der Waals surface area contributed by atoms with Gasteiger partial charge in [-0.15, -0.1) is 0 Å². The SMILES string of the molecule is CCN1CCCC1CNc1nc(NCc2ccncn2)nc(Nc2ccc(OC)c(F)c2)n1. The third-order valence-corrected chi connectivity index (χ3v) is 5.52. The zero-order valence-electron chi connectivity index (χ0n) is 18.8. The summed E-state index contributed by atoms with van der Waals surface area (Å²) >= 11 is 0. The number of hydrogen-bond acceptors (Lipinski definition) is 10. The summed E-state index contributed by atoms with van der Waals surface area (Å²) in [6.07, 6.45) is 5.50. The molecule has 0 bridgehead atoms. The molecule has 3 aromatic rings. The maximum Gasteiger partial charge on any atom is 0.233 e. The van der Waals surface area contributed by atoms with Crippen LogP contribution in [-0.2, 0) is 6.54 Å². The average Bonchev–Trinajstić information content (AvgIpc) is 3.30.